The highest BCUT2D eigenvalue weighted by molar-refractivity contribution is 7.47. The predicted molar refractivity (Wildman–Crippen MR) is 169 cm³/mol. The van der Waals surface area contributed by atoms with Crippen molar-refractivity contribution in [1.29, 1.82) is 0 Å². The van der Waals surface area contributed by atoms with Gasteiger partial charge in [0.15, 0.2) is 0 Å². The van der Waals surface area contributed by atoms with Crippen molar-refractivity contribution in [3.8, 4) is 0 Å². The Morgan fingerprint density at radius 1 is 0.756 bits per heavy atom. The Labute approximate surface area is 250 Å². The van der Waals surface area contributed by atoms with Crippen LogP contribution in [0.15, 0.2) is 48.6 Å². The molecule has 2 unspecified atom stereocenters. The molecule has 0 saturated heterocycles. The van der Waals surface area contributed by atoms with Crippen LogP contribution >= 0.6 is 7.82 Å². The third-order valence-corrected chi connectivity index (χ3v) is 6.94. The van der Waals surface area contributed by atoms with E-state index in [4.69, 9.17) is 18.5 Å². The molecule has 0 aliphatic heterocycles. The number of carbonyl (C=O) groups excluding carboxylic acids is 1. The number of quaternary nitrogens is 1. The fourth-order valence-corrected chi connectivity index (χ4v) is 4.40. The predicted octanol–water partition coefficient (Wildman–Crippen LogP) is 7.70. The van der Waals surface area contributed by atoms with E-state index in [1.807, 2.05) is 21.1 Å². The number of carbonyl (C=O) groups is 1. The molecule has 0 aromatic carbocycles. The number of hydrogen-bond donors (Lipinski definition) is 1. The first-order valence-electron chi connectivity index (χ1n) is 15.3. The van der Waals surface area contributed by atoms with Gasteiger partial charge >= 0.3 is 13.8 Å². The molecule has 238 valence electrons. The lowest BCUT2D eigenvalue weighted by Crippen LogP contribution is -2.37. The molecule has 0 saturated carbocycles. The Morgan fingerprint density at radius 3 is 1.85 bits per heavy atom. The van der Waals surface area contributed by atoms with Gasteiger partial charge in [0.25, 0.3) is 0 Å². The molecule has 0 amide bonds. The largest absolute Gasteiger partial charge is 0.472 e. The number of phosphoric acid groups is 1. The zero-order valence-corrected chi connectivity index (χ0v) is 27.4. The number of hydrogen-bond acceptors (Lipinski definition) is 6. The van der Waals surface area contributed by atoms with Crippen LogP contribution in [0.1, 0.15) is 90.9 Å². The van der Waals surface area contributed by atoms with Gasteiger partial charge in [-0.1, -0.05) is 87.6 Å². The highest BCUT2D eigenvalue weighted by atomic mass is 31.2. The fourth-order valence-electron chi connectivity index (χ4n) is 3.66. The second kappa shape index (κ2) is 26.1. The first kappa shape index (κ1) is 39.5. The Morgan fingerprint density at radius 2 is 1.29 bits per heavy atom. The van der Waals surface area contributed by atoms with Crippen molar-refractivity contribution < 1.29 is 37.3 Å². The zero-order chi connectivity index (χ0) is 30.7. The van der Waals surface area contributed by atoms with Crippen molar-refractivity contribution in [2.75, 3.05) is 54.1 Å². The number of unbranched alkanes of at least 4 members (excludes halogenated alkanes) is 7. The van der Waals surface area contributed by atoms with Gasteiger partial charge in [0, 0.05) is 13.5 Å². The number of nitrogens with zero attached hydrogens (tertiary/aromatic N) is 1. The molecule has 9 heteroatoms. The highest BCUT2D eigenvalue weighted by Gasteiger charge is 2.25. The molecule has 0 spiro atoms. The SMILES string of the molecule is CC/C=C\C/C=C\C/C=C\C/C=C\CCCCCCCCCOCC(COP(=O)(O)OCC[N+](C)(C)C)OC(C)=O. The number of allylic oxidation sites excluding steroid dienone is 8. The molecule has 0 aromatic heterocycles. The van der Waals surface area contributed by atoms with Crippen LogP contribution in [-0.4, -0.2) is 75.6 Å². The van der Waals surface area contributed by atoms with Crippen molar-refractivity contribution in [2.24, 2.45) is 0 Å². The quantitative estimate of drug-likeness (QED) is 0.0340. The second-order valence-corrected chi connectivity index (χ2v) is 12.6. The van der Waals surface area contributed by atoms with Crippen LogP contribution in [0.2, 0.25) is 0 Å². The zero-order valence-electron chi connectivity index (χ0n) is 26.5. The molecular weight excluding hydrogens is 541 g/mol. The van der Waals surface area contributed by atoms with Crippen LogP contribution in [0.4, 0.5) is 0 Å². The van der Waals surface area contributed by atoms with E-state index < -0.39 is 19.9 Å². The van der Waals surface area contributed by atoms with Gasteiger partial charge in [0.1, 0.15) is 19.3 Å². The van der Waals surface area contributed by atoms with Gasteiger partial charge in [-0.25, -0.2) is 4.57 Å². The van der Waals surface area contributed by atoms with Gasteiger partial charge < -0.3 is 18.9 Å². The van der Waals surface area contributed by atoms with Crippen molar-refractivity contribution in [3.63, 3.8) is 0 Å². The lowest BCUT2D eigenvalue weighted by atomic mass is 10.1. The minimum atomic E-state index is -4.22. The number of ether oxygens (including phenoxy) is 2. The minimum absolute atomic E-state index is 0.0807. The topological polar surface area (TPSA) is 91.3 Å². The molecule has 0 radical (unpaired) electrons. The summed E-state index contributed by atoms with van der Waals surface area (Å²) in [5.41, 5.74) is 0. The van der Waals surface area contributed by atoms with Gasteiger partial charge in [0.2, 0.25) is 0 Å². The molecule has 2 atom stereocenters. The molecular formula is C32H59NO7P+. The van der Waals surface area contributed by atoms with Crippen LogP contribution in [0, 0.1) is 0 Å². The Hall–Kier alpha value is -1.54. The molecule has 0 bridgehead atoms. The summed E-state index contributed by atoms with van der Waals surface area (Å²) < 4.78 is 33.5. The van der Waals surface area contributed by atoms with E-state index in [0.717, 1.165) is 44.9 Å². The van der Waals surface area contributed by atoms with E-state index in [9.17, 15) is 14.3 Å². The average molecular weight is 601 g/mol. The number of likely N-dealkylation sites (N-methyl/N-ethyl adjacent to an activating group) is 1. The van der Waals surface area contributed by atoms with Crippen LogP contribution in [-0.2, 0) is 27.9 Å². The summed E-state index contributed by atoms with van der Waals surface area (Å²) in [6, 6.07) is 0. The molecule has 0 rings (SSSR count). The summed E-state index contributed by atoms with van der Waals surface area (Å²) in [7, 11) is 1.64. The van der Waals surface area contributed by atoms with E-state index in [-0.39, 0.29) is 19.8 Å². The monoisotopic (exact) mass is 600 g/mol. The Kier molecular flexibility index (Phi) is 25.1. The lowest BCUT2D eigenvalue weighted by Gasteiger charge is -2.24. The molecule has 8 nitrogen and oxygen atoms in total. The minimum Gasteiger partial charge on any atom is -0.458 e. The summed E-state index contributed by atoms with van der Waals surface area (Å²) in [5.74, 6) is -0.497. The van der Waals surface area contributed by atoms with E-state index in [1.165, 1.54) is 39.0 Å². The molecule has 0 aromatic rings. The van der Waals surface area contributed by atoms with Crippen LogP contribution < -0.4 is 0 Å². The number of phosphoric ester groups is 1. The first-order chi connectivity index (χ1) is 19.6. The summed E-state index contributed by atoms with van der Waals surface area (Å²) in [6.07, 6.45) is 30.5. The maximum absolute atomic E-state index is 12.1. The molecule has 0 heterocycles. The van der Waals surface area contributed by atoms with Crippen molar-refractivity contribution in [1.82, 2.24) is 0 Å². The van der Waals surface area contributed by atoms with Gasteiger partial charge in [0.05, 0.1) is 34.4 Å². The first-order valence-corrected chi connectivity index (χ1v) is 16.8. The lowest BCUT2D eigenvalue weighted by molar-refractivity contribution is -0.870. The Balaban J connectivity index is 3.77. The second-order valence-electron chi connectivity index (χ2n) is 11.2. The standard InChI is InChI=1S/C32H58NO7P/c1-6-7-8-9-10-11-12-13-14-15-16-17-18-19-20-21-22-23-24-25-27-37-29-32(40-31(2)34)30-39-41(35,36)38-28-26-33(3,4)5/h7-8,10-11,13-14,16-17,32H,6,9,12,15,18-30H2,1-5H3/p+1/b8-7-,11-10-,14-13-,17-16-. The van der Waals surface area contributed by atoms with Crippen molar-refractivity contribution in [3.05, 3.63) is 48.6 Å². The van der Waals surface area contributed by atoms with E-state index in [2.05, 4.69) is 55.5 Å². The van der Waals surface area contributed by atoms with Gasteiger partial charge in [-0.15, -0.1) is 0 Å². The third kappa shape index (κ3) is 31.2. The van der Waals surface area contributed by atoms with Crippen molar-refractivity contribution in [2.45, 2.75) is 97.0 Å². The molecule has 41 heavy (non-hydrogen) atoms. The maximum atomic E-state index is 12.1. The van der Waals surface area contributed by atoms with Gasteiger partial charge in [-0.3, -0.25) is 13.8 Å². The number of rotatable bonds is 27. The molecule has 0 aliphatic carbocycles. The molecule has 0 aliphatic rings. The van der Waals surface area contributed by atoms with Crippen LogP contribution in [0.25, 0.3) is 0 Å². The fraction of sp³-hybridized carbons (Fsp3) is 0.719. The van der Waals surface area contributed by atoms with Crippen LogP contribution in [0.3, 0.4) is 0 Å². The van der Waals surface area contributed by atoms with E-state index in [0.29, 0.717) is 17.6 Å². The van der Waals surface area contributed by atoms with Crippen LogP contribution in [0.5, 0.6) is 0 Å². The van der Waals surface area contributed by atoms with Gasteiger partial charge in [-0.05, 0) is 44.9 Å². The highest BCUT2D eigenvalue weighted by Crippen LogP contribution is 2.43. The van der Waals surface area contributed by atoms with E-state index in [1.54, 1.807) is 0 Å². The van der Waals surface area contributed by atoms with E-state index >= 15 is 0 Å². The summed E-state index contributed by atoms with van der Waals surface area (Å²) in [6.45, 7) is 4.45. The van der Waals surface area contributed by atoms with Gasteiger partial charge in [-0.2, -0.15) is 0 Å². The van der Waals surface area contributed by atoms with Crippen molar-refractivity contribution >= 4 is 13.8 Å². The maximum Gasteiger partial charge on any atom is 0.472 e. The molecule has 1 N–H and O–H groups in total. The summed E-state index contributed by atoms with van der Waals surface area (Å²) in [4.78, 5) is 21.2. The third-order valence-electron chi connectivity index (χ3n) is 5.95. The smallest absolute Gasteiger partial charge is 0.458 e. The molecule has 0 fully saturated rings. The Bertz CT molecular complexity index is 802. The summed E-state index contributed by atoms with van der Waals surface area (Å²) in [5, 5.41) is 0. The normalized spacial score (nSPS) is 15.0. The summed E-state index contributed by atoms with van der Waals surface area (Å²) >= 11 is 0. The number of esters is 1. The average Bonchev–Trinajstić information content (AvgIpc) is 2.89.